The van der Waals surface area contributed by atoms with Crippen molar-refractivity contribution in [1.29, 1.82) is 0 Å². The highest BCUT2D eigenvalue weighted by atomic mass is 79.9. The summed E-state index contributed by atoms with van der Waals surface area (Å²) in [5.41, 5.74) is 0.371. The summed E-state index contributed by atoms with van der Waals surface area (Å²) in [7, 11) is 1.37. The number of esters is 1. The van der Waals surface area contributed by atoms with Crippen LogP contribution in [0.3, 0.4) is 0 Å². The maximum absolute atomic E-state index is 11.1. The average Bonchev–Trinajstić information content (AvgIpc) is 2.39. The molecule has 4 nitrogen and oxygen atoms in total. The Morgan fingerprint density at radius 1 is 1.30 bits per heavy atom. The lowest BCUT2D eigenvalue weighted by Crippen LogP contribution is -2.18. The zero-order chi connectivity index (χ0) is 15.5. The van der Waals surface area contributed by atoms with Gasteiger partial charge in [0.05, 0.1) is 11.6 Å². The van der Waals surface area contributed by atoms with E-state index in [0.717, 1.165) is 0 Å². The van der Waals surface area contributed by atoms with Crippen LogP contribution in [-0.2, 0) is 14.9 Å². The van der Waals surface area contributed by atoms with E-state index in [0.29, 0.717) is 29.3 Å². The first-order chi connectivity index (χ1) is 9.20. The Labute approximate surface area is 135 Å². The third-order valence-electron chi connectivity index (χ3n) is 3.31. The van der Waals surface area contributed by atoms with Crippen LogP contribution in [0.1, 0.15) is 38.7 Å². The Balaban J connectivity index is 2.95. The van der Waals surface area contributed by atoms with Crippen molar-refractivity contribution in [3.8, 4) is 11.5 Å². The van der Waals surface area contributed by atoms with E-state index in [-0.39, 0.29) is 27.4 Å². The van der Waals surface area contributed by atoms with Gasteiger partial charge >= 0.3 is 5.97 Å². The SMILES string of the molecule is COC(=O)CCCC(C)(C)c1cc(Br)c(O)c(Br)c1O. The molecule has 0 aliphatic rings. The van der Waals surface area contributed by atoms with E-state index in [2.05, 4.69) is 36.6 Å². The van der Waals surface area contributed by atoms with Crippen LogP contribution in [0.15, 0.2) is 15.0 Å². The van der Waals surface area contributed by atoms with Gasteiger partial charge in [0.2, 0.25) is 0 Å². The van der Waals surface area contributed by atoms with E-state index in [9.17, 15) is 15.0 Å². The molecule has 1 aromatic rings. The molecule has 0 saturated carbocycles. The molecule has 0 heterocycles. The van der Waals surface area contributed by atoms with Crippen LogP contribution in [0, 0.1) is 0 Å². The molecule has 0 unspecified atom stereocenters. The van der Waals surface area contributed by atoms with Gasteiger partial charge in [-0.1, -0.05) is 13.8 Å². The second-order valence-corrected chi connectivity index (χ2v) is 6.88. The van der Waals surface area contributed by atoms with Gasteiger partial charge in [0.1, 0.15) is 16.0 Å². The zero-order valence-electron chi connectivity index (χ0n) is 11.7. The van der Waals surface area contributed by atoms with Crippen molar-refractivity contribution in [2.75, 3.05) is 7.11 Å². The maximum atomic E-state index is 11.1. The standard InChI is InChI=1S/C14H18Br2O4/c1-14(2,6-4-5-10(17)20-3)8-7-9(15)13(19)11(16)12(8)18/h7,18-19H,4-6H2,1-3H3. The highest BCUT2D eigenvalue weighted by Gasteiger charge is 2.27. The molecule has 0 fully saturated rings. The first-order valence-electron chi connectivity index (χ1n) is 6.18. The fraction of sp³-hybridized carbons (Fsp3) is 0.500. The van der Waals surface area contributed by atoms with Crippen molar-refractivity contribution >= 4 is 37.8 Å². The molecule has 0 spiro atoms. The van der Waals surface area contributed by atoms with Crippen molar-refractivity contribution in [2.24, 2.45) is 0 Å². The number of halogens is 2. The number of benzene rings is 1. The molecule has 0 atom stereocenters. The first-order valence-corrected chi connectivity index (χ1v) is 7.76. The summed E-state index contributed by atoms with van der Waals surface area (Å²) in [5, 5.41) is 19.9. The predicted molar refractivity (Wildman–Crippen MR) is 84.1 cm³/mol. The normalized spacial score (nSPS) is 11.4. The Kier molecular flexibility index (Phi) is 5.89. The van der Waals surface area contributed by atoms with E-state index < -0.39 is 0 Å². The van der Waals surface area contributed by atoms with E-state index in [1.807, 2.05) is 13.8 Å². The second kappa shape index (κ2) is 6.80. The minimum Gasteiger partial charge on any atom is -0.506 e. The van der Waals surface area contributed by atoms with Gasteiger partial charge in [-0.3, -0.25) is 4.79 Å². The van der Waals surface area contributed by atoms with Crippen LogP contribution in [0.5, 0.6) is 11.5 Å². The number of methoxy groups -OCH3 is 1. The maximum Gasteiger partial charge on any atom is 0.305 e. The summed E-state index contributed by atoms with van der Waals surface area (Å²) in [6, 6.07) is 1.70. The molecule has 0 aliphatic heterocycles. The van der Waals surface area contributed by atoms with E-state index in [1.165, 1.54) is 7.11 Å². The second-order valence-electron chi connectivity index (χ2n) is 5.23. The monoisotopic (exact) mass is 408 g/mol. The van der Waals surface area contributed by atoms with E-state index in [1.54, 1.807) is 6.07 Å². The summed E-state index contributed by atoms with van der Waals surface area (Å²) in [6.45, 7) is 3.96. The van der Waals surface area contributed by atoms with Gasteiger partial charge in [0.15, 0.2) is 0 Å². The third-order valence-corrected chi connectivity index (χ3v) is 4.66. The fourth-order valence-corrected chi connectivity index (χ4v) is 3.15. The molecule has 0 saturated heterocycles. The van der Waals surface area contributed by atoms with Gasteiger partial charge in [-0.15, -0.1) is 0 Å². The number of phenolic OH excluding ortho intramolecular Hbond substituents is 2. The largest absolute Gasteiger partial charge is 0.506 e. The predicted octanol–water partition coefficient (Wildman–Crippen LogP) is 4.24. The molecule has 0 radical (unpaired) electrons. The van der Waals surface area contributed by atoms with Crippen LogP contribution < -0.4 is 0 Å². The number of hydrogen-bond acceptors (Lipinski definition) is 4. The van der Waals surface area contributed by atoms with Crippen molar-refractivity contribution < 1.29 is 19.7 Å². The molecule has 0 bridgehead atoms. The third kappa shape index (κ3) is 3.88. The molecular weight excluding hydrogens is 392 g/mol. The van der Waals surface area contributed by atoms with Gasteiger partial charge in [-0.25, -0.2) is 0 Å². The molecule has 0 aliphatic carbocycles. The molecule has 1 aromatic carbocycles. The van der Waals surface area contributed by atoms with Crippen LogP contribution in [0.25, 0.3) is 0 Å². The van der Waals surface area contributed by atoms with Gasteiger partial charge in [0.25, 0.3) is 0 Å². The van der Waals surface area contributed by atoms with Crippen LogP contribution in [-0.4, -0.2) is 23.3 Å². The zero-order valence-corrected chi connectivity index (χ0v) is 14.8. The molecule has 1 rings (SSSR count). The topological polar surface area (TPSA) is 66.8 Å². The van der Waals surface area contributed by atoms with E-state index >= 15 is 0 Å². The number of aromatic hydroxyl groups is 2. The Morgan fingerprint density at radius 3 is 2.45 bits per heavy atom. The number of phenols is 2. The summed E-state index contributed by atoms with van der Waals surface area (Å²) >= 11 is 6.43. The molecule has 112 valence electrons. The highest BCUT2D eigenvalue weighted by molar-refractivity contribution is 9.11. The lowest BCUT2D eigenvalue weighted by atomic mass is 9.79. The van der Waals surface area contributed by atoms with Gasteiger partial charge < -0.3 is 14.9 Å². The van der Waals surface area contributed by atoms with Gasteiger partial charge in [0, 0.05) is 12.0 Å². The smallest absolute Gasteiger partial charge is 0.305 e. The minimum atomic E-state index is -0.336. The summed E-state index contributed by atoms with van der Waals surface area (Å²) in [4.78, 5) is 11.1. The van der Waals surface area contributed by atoms with Gasteiger partial charge in [-0.05, 0) is 56.2 Å². The number of carbonyl (C=O) groups excluding carboxylic acids is 1. The molecule has 0 aromatic heterocycles. The van der Waals surface area contributed by atoms with Crippen molar-refractivity contribution in [3.05, 3.63) is 20.6 Å². The average molecular weight is 410 g/mol. The van der Waals surface area contributed by atoms with Crippen LogP contribution in [0.2, 0.25) is 0 Å². The van der Waals surface area contributed by atoms with Crippen molar-refractivity contribution in [3.63, 3.8) is 0 Å². The first kappa shape index (κ1) is 17.3. The number of ether oxygens (including phenoxy) is 1. The molecule has 6 heteroatoms. The number of rotatable bonds is 5. The van der Waals surface area contributed by atoms with E-state index in [4.69, 9.17) is 0 Å². The molecule has 20 heavy (non-hydrogen) atoms. The minimum absolute atomic E-state index is 0.0220. The Morgan fingerprint density at radius 2 is 1.90 bits per heavy atom. The molecule has 0 amide bonds. The highest BCUT2D eigenvalue weighted by Crippen LogP contribution is 2.46. The lowest BCUT2D eigenvalue weighted by molar-refractivity contribution is -0.140. The van der Waals surface area contributed by atoms with Crippen LogP contribution >= 0.6 is 31.9 Å². The Hall–Kier alpha value is -0.750. The summed E-state index contributed by atoms with van der Waals surface area (Å²) in [6.07, 6.45) is 1.72. The molecule has 2 N–H and O–H groups in total. The number of hydrogen-bond donors (Lipinski definition) is 2. The van der Waals surface area contributed by atoms with Crippen molar-refractivity contribution in [2.45, 2.75) is 38.5 Å². The quantitative estimate of drug-likeness (QED) is 0.713. The fourth-order valence-electron chi connectivity index (χ4n) is 2.03. The lowest BCUT2D eigenvalue weighted by Gasteiger charge is -2.27. The number of carbonyl (C=O) groups is 1. The summed E-state index contributed by atoms with van der Waals surface area (Å²) < 4.78 is 5.39. The Bertz CT molecular complexity index is 512. The van der Waals surface area contributed by atoms with Crippen molar-refractivity contribution in [1.82, 2.24) is 0 Å². The van der Waals surface area contributed by atoms with Gasteiger partial charge in [-0.2, -0.15) is 0 Å². The molecular formula is C14H18Br2O4. The van der Waals surface area contributed by atoms with Crippen LogP contribution in [0.4, 0.5) is 0 Å². The summed E-state index contributed by atoms with van der Waals surface area (Å²) in [5.74, 6) is -0.247.